The largest absolute Gasteiger partial charge is 0.508 e. The van der Waals surface area contributed by atoms with Crippen molar-refractivity contribution >= 4 is 29.1 Å². The first-order valence-corrected chi connectivity index (χ1v) is 11.1. The summed E-state index contributed by atoms with van der Waals surface area (Å²) in [5.41, 5.74) is 0.788. The molecule has 3 aromatic rings. The maximum atomic E-state index is 12.7. The first-order chi connectivity index (χ1) is 16.6. The highest BCUT2D eigenvalue weighted by Gasteiger charge is 2.25. The number of carbonyl (C=O) groups is 3. The molecule has 12 nitrogen and oxygen atoms in total. The number of carboxylic acid groups (broad SMARTS) is 1. The number of aliphatic carboxylic acids is 1. The normalized spacial score (nSPS) is 12.5. The van der Waals surface area contributed by atoms with Gasteiger partial charge in [0.15, 0.2) is 0 Å². The molecule has 0 radical (unpaired) electrons. The zero-order chi connectivity index (χ0) is 25.5. The number of nitrogens with zero attached hydrogens (tertiary/aromatic N) is 1. The number of aromatic hydroxyl groups is 1. The van der Waals surface area contributed by atoms with Crippen LogP contribution in [0.3, 0.4) is 0 Å². The number of aromatic nitrogens is 2. The van der Waals surface area contributed by atoms with Gasteiger partial charge in [0.25, 0.3) is 17.4 Å². The first-order valence-electron chi connectivity index (χ1n) is 10.3. The van der Waals surface area contributed by atoms with Crippen LogP contribution >= 0.6 is 11.3 Å². The van der Waals surface area contributed by atoms with Crippen molar-refractivity contribution in [2.75, 3.05) is 6.54 Å². The lowest BCUT2D eigenvalue weighted by Gasteiger charge is -2.18. The van der Waals surface area contributed by atoms with Crippen molar-refractivity contribution in [1.82, 2.24) is 25.9 Å². The van der Waals surface area contributed by atoms with Crippen molar-refractivity contribution in [1.29, 1.82) is 0 Å². The van der Waals surface area contributed by atoms with Crippen molar-refractivity contribution < 1.29 is 29.7 Å². The van der Waals surface area contributed by atoms with E-state index in [-0.39, 0.29) is 34.3 Å². The van der Waals surface area contributed by atoms with Crippen molar-refractivity contribution in [3.8, 4) is 5.75 Å². The molecule has 7 N–H and O–H groups in total. The number of aliphatic hydroxyl groups excluding tert-OH is 1. The molecule has 2 atom stereocenters. The average molecular weight is 502 g/mol. The second-order valence-electron chi connectivity index (χ2n) is 7.49. The fourth-order valence-corrected chi connectivity index (χ4v) is 4.01. The van der Waals surface area contributed by atoms with Gasteiger partial charge in [0, 0.05) is 19.3 Å². The SMILES string of the molecule is Cc1cc(C(=O)NCc2cccc(O)c2)sc1C(=O)NC(CNC(O)c1c[nH]c(=O)cn1)C(=O)O. The van der Waals surface area contributed by atoms with E-state index in [2.05, 4.69) is 25.9 Å². The zero-order valence-electron chi connectivity index (χ0n) is 18.4. The molecule has 0 saturated carbocycles. The number of thiophene rings is 1. The molecule has 0 bridgehead atoms. The van der Waals surface area contributed by atoms with Gasteiger partial charge in [-0.1, -0.05) is 12.1 Å². The minimum Gasteiger partial charge on any atom is -0.508 e. The van der Waals surface area contributed by atoms with Crippen LogP contribution in [0.1, 0.15) is 42.4 Å². The number of aromatic amines is 1. The Balaban J connectivity index is 1.60. The van der Waals surface area contributed by atoms with E-state index in [1.54, 1.807) is 19.1 Å². The summed E-state index contributed by atoms with van der Waals surface area (Å²) < 4.78 is 0. The third kappa shape index (κ3) is 6.96. The number of phenols is 1. The van der Waals surface area contributed by atoms with Crippen LogP contribution in [0.2, 0.25) is 0 Å². The molecule has 0 spiro atoms. The van der Waals surface area contributed by atoms with Crippen LogP contribution < -0.4 is 21.5 Å². The maximum absolute atomic E-state index is 12.7. The van der Waals surface area contributed by atoms with Crippen LogP contribution in [-0.2, 0) is 11.3 Å². The van der Waals surface area contributed by atoms with Crippen molar-refractivity contribution in [2.24, 2.45) is 0 Å². The molecule has 0 aliphatic heterocycles. The Hall–Kier alpha value is -4.07. The van der Waals surface area contributed by atoms with Crippen LogP contribution in [0, 0.1) is 6.92 Å². The summed E-state index contributed by atoms with van der Waals surface area (Å²) in [7, 11) is 0. The number of amides is 2. The van der Waals surface area contributed by atoms with Crippen LogP contribution in [0.5, 0.6) is 5.75 Å². The van der Waals surface area contributed by atoms with Gasteiger partial charge < -0.3 is 30.9 Å². The van der Waals surface area contributed by atoms with E-state index in [9.17, 15) is 34.5 Å². The average Bonchev–Trinajstić information content (AvgIpc) is 3.22. The number of aliphatic hydroxyl groups is 1. The monoisotopic (exact) mass is 501 g/mol. The summed E-state index contributed by atoms with van der Waals surface area (Å²) in [4.78, 5) is 54.4. The molecule has 35 heavy (non-hydrogen) atoms. The first kappa shape index (κ1) is 25.6. The molecule has 1 aromatic carbocycles. The van der Waals surface area contributed by atoms with E-state index in [4.69, 9.17) is 0 Å². The lowest BCUT2D eigenvalue weighted by atomic mass is 10.2. The number of H-pyrrole nitrogens is 1. The van der Waals surface area contributed by atoms with Crippen molar-refractivity contribution in [3.63, 3.8) is 0 Å². The Morgan fingerprint density at radius 3 is 2.63 bits per heavy atom. The second-order valence-corrected chi connectivity index (χ2v) is 8.54. The number of phenolic OH excluding ortho intramolecular Hbond substituents is 1. The molecule has 13 heteroatoms. The number of nitrogens with one attached hydrogen (secondary N) is 4. The summed E-state index contributed by atoms with van der Waals surface area (Å²) in [6.45, 7) is 1.45. The number of carbonyl (C=O) groups excluding carboxylic acids is 2. The Bertz CT molecular complexity index is 1270. The van der Waals surface area contributed by atoms with E-state index in [1.807, 2.05) is 0 Å². The smallest absolute Gasteiger partial charge is 0.327 e. The molecule has 2 heterocycles. The highest BCUT2D eigenvalue weighted by molar-refractivity contribution is 7.16. The fraction of sp³-hybridized carbons (Fsp3) is 0.227. The highest BCUT2D eigenvalue weighted by Crippen LogP contribution is 2.22. The van der Waals surface area contributed by atoms with E-state index in [1.165, 1.54) is 24.4 Å². The van der Waals surface area contributed by atoms with E-state index in [0.29, 0.717) is 11.1 Å². The Morgan fingerprint density at radius 2 is 1.97 bits per heavy atom. The predicted molar refractivity (Wildman–Crippen MR) is 125 cm³/mol. The second kappa shape index (κ2) is 11.4. The molecule has 2 aromatic heterocycles. The molecule has 2 amide bonds. The van der Waals surface area contributed by atoms with Crippen LogP contribution in [0.15, 0.2) is 47.5 Å². The van der Waals surface area contributed by atoms with Crippen molar-refractivity contribution in [3.05, 3.63) is 79.7 Å². The molecule has 0 aliphatic rings. The van der Waals surface area contributed by atoms with Gasteiger partial charge in [-0.05, 0) is 36.2 Å². The van der Waals surface area contributed by atoms with E-state index in [0.717, 1.165) is 17.5 Å². The quantitative estimate of drug-likeness (QED) is 0.190. The Labute approximate surface area is 202 Å². The highest BCUT2D eigenvalue weighted by atomic mass is 32.1. The molecule has 0 fully saturated rings. The van der Waals surface area contributed by atoms with Gasteiger partial charge in [-0.3, -0.25) is 19.7 Å². The summed E-state index contributed by atoms with van der Waals surface area (Å²) in [6.07, 6.45) is 0.764. The van der Waals surface area contributed by atoms with Gasteiger partial charge >= 0.3 is 5.97 Å². The van der Waals surface area contributed by atoms with Crippen LogP contribution in [0.4, 0.5) is 0 Å². The molecule has 0 aliphatic carbocycles. The van der Waals surface area contributed by atoms with Gasteiger partial charge in [0.2, 0.25) is 0 Å². The fourth-order valence-electron chi connectivity index (χ4n) is 3.02. The molecule has 0 saturated heterocycles. The number of hydrogen-bond donors (Lipinski definition) is 7. The third-order valence-corrected chi connectivity index (χ3v) is 6.04. The van der Waals surface area contributed by atoms with Crippen molar-refractivity contribution in [2.45, 2.75) is 25.7 Å². The number of benzene rings is 1. The van der Waals surface area contributed by atoms with Gasteiger partial charge in [0.1, 0.15) is 18.0 Å². The topological polar surface area (TPSA) is 194 Å². The number of carboxylic acids is 1. The van der Waals surface area contributed by atoms with E-state index < -0.39 is 35.6 Å². The Kier molecular flexibility index (Phi) is 8.30. The lowest BCUT2D eigenvalue weighted by molar-refractivity contribution is -0.139. The summed E-state index contributed by atoms with van der Waals surface area (Å²) in [5, 5.41) is 36.7. The van der Waals surface area contributed by atoms with Gasteiger partial charge in [-0.15, -0.1) is 11.3 Å². The lowest BCUT2D eigenvalue weighted by Crippen LogP contribution is -2.48. The number of hydrogen-bond acceptors (Lipinski definition) is 9. The molecule has 2 unspecified atom stereocenters. The predicted octanol–water partition coefficient (Wildman–Crippen LogP) is 0.239. The minimum atomic E-state index is -1.40. The minimum absolute atomic E-state index is 0.0653. The zero-order valence-corrected chi connectivity index (χ0v) is 19.3. The summed E-state index contributed by atoms with van der Waals surface area (Å²) >= 11 is 0.910. The maximum Gasteiger partial charge on any atom is 0.327 e. The Morgan fingerprint density at radius 1 is 1.20 bits per heavy atom. The molecule has 3 rings (SSSR count). The molecular formula is C22H23N5O7S. The summed E-state index contributed by atoms with van der Waals surface area (Å²) in [5.74, 6) is -2.38. The number of rotatable bonds is 10. The van der Waals surface area contributed by atoms with Gasteiger partial charge in [-0.2, -0.15) is 0 Å². The van der Waals surface area contributed by atoms with Gasteiger partial charge in [0.05, 0.1) is 21.6 Å². The van der Waals surface area contributed by atoms with Crippen LogP contribution in [0.25, 0.3) is 0 Å². The van der Waals surface area contributed by atoms with E-state index >= 15 is 0 Å². The van der Waals surface area contributed by atoms with Gasteiger partial charge in [-0.25, -0.2) is 9.78 Å². The standard InChI is InChI=1S/C22H23N5O7S/c1-11-5-16(20(31)25-7-12-3-2-4-13(28)6-12)35-18(11)21(32)27-15(22(33)34)9-26-19(30)14-8-24-17(29)10-23-14/h2-6,8,10,15,19,26,28,30H,7,9H2,1H3,(H,24,29)(H,25,31)(H,27,32)(H,33,34). The molecule has 184 valence electrons. The third-order valence-electron chi connectivity index (χ3n) is 4.80. The van der Waals surface area contributed by atoms with Crippen LogP contribution in [-0.4, -0.2) is 55.7 Å². The number of aryl methyl sites for hydroxylation is 1. The molecular weight excluding hydrogens is 478 g/mol. The summed E-state index contributed by atoms with van der Waals surface area (Å²) in [6, 6.07) is 6.55.